The molecule has 1 aliphatic rings. The lowest BCUT2D eigenvalue weighted by atomic mass is 10.1. The number of epoxide rings is 1. The van der Waals surface area contributed by atoms with Gasteiger partial charge in [-0.15, -0.1) is 0 Å². The maximum atomic E-state index is 11.8. The molecule has 1 aromatic carbocycles. The van der Waals surface area contributed by atoms with E-state index in [9.17, 15) is 4.79 Å². The molecule has 6 nitrogen and oxygen atoms in total. The zero-order chi connectivity index (χ0) is 13.2. The summed E-state index contributed by atoms with van der Waals surface area (Å²) < 4.78 is 10.1. The zero-order valence-corrected chi connectivity index (χ0v) is 10.4. The number of aromatic nitrogens is 2. The molecule has 0 spiro atoms. The van der Waals surface area contributed by atoms with Gasteiger partial charge in [0.15, 0.2) is 11.9 Å². The van der Waals surface area contributed by atoms with Gasteiger partial charge >= 0.3 is 0 Å². The van der Waals surface area contributed by atoms with Crippen molar-refractivity contribution in [2.45, 2.75) is 19.1 Å². The van der Waals surface area contributed by atoms with E-state index in [4.69, 9.17) is 9.26 Å². The topological polar surface area (TPSA) is 80.5 Å². The van der Waals surface area contributed by atoms with E-state index in [1.165, 1.54) is 0 Å². The van der Waals surface area contributed by atoms with Crippen molar-refractivity contribution in [3.8, 4) is 0 Å². The van der Waals surface area contributed by atoms with Crippen LogP contribution in [0.3, 0.4) is 0 Å². The third kappa shape index (κ3) is 2.63. The number of nitrogens with zero attached hydrogens (tertiary/aromatic N) is 2. The van der Waals surface area contributed by atoms with Crippen LogP contribution in [0.15, 0.2) is 34.9 Å². The van der Waals surface area contributed by atoms with Crippen molar-refractivity contribution in [3.63, 3.8) is 0 Å². The minimum Gasteiger partial charge on any atom is -0.363 e. The second-order valence-electron chi connectivity index (χ2n) is 4.35. The number of hydrogen-bond donors (Lipinski definition) is 1. The lowest BCUT2D eigenvalue weighted by molar-refractivity contribution is -0.122. The molecule has 2 aromatic rings. The molecule has 1 saturated heterocycles. The Hall–Kier alpha value is -2.21. The van der Waals surface area contributed by atoms with Crippen LogP contribution in [-0.4, -0.2) is 28.8 Å². The second-order valence-corrected chi connectivity index (χ2v) is 4.35. The highest BCUT2D eigenvalue weighted by atomic mass is 16.6. The fourth-order valence-electron chi connectivity index (χ4n) is 1.80. The number of hydrogen-bond acceptors (Lipinski definition) is 5. The molecule has 1 fully saturated rings. The first-order valence-electron chi connectivity index (χ1n) is 6.01. The Kier molecular flexibility index (Phi) is 3.00. The minimum absolute atomic E-state index is 0.162. The van der Waals surface area contributed by atoms with Gasteiger partial charge in [0.1, 0.15) is 6.04 Å². The van der Waals surface area contributed by atoms with Crippen molar-refractivity contribution in [1.82, 2.24) is 15.5 Å². The van der Waals surface area contributed by atoms with Crippen LogP contribution in [0.5, 0.6) is 0 Å². The number of carbonyl (C=O) groups excluding carboxylic acids is 1. The summed E-state index contributed by atoms with van der Waals surface area (Å²) in [5.74, 6) is 0.746. The molecule has 19 heavy (non-hydrogen) atoms. The number of rotatable bonds is 4. The fraction of sp³-hybridized carbons (Fsp3) is 0.308. The molecule has 6 heteroatoms. The summed E-state index contributed by atoms with van der Waals surface area (Å²) >= 11 is 0. The maximum Gasteiger partial charge on any atom is 0.253 e. The summed E-state index contributed by atoms with van der Waals surface area (Å²) in [4.78, 5) is 16.0. The normalized spacial score (nSPS) is 18.9. The van der Waals surface area contributed by atoms with E-state index in [1.807, 2.05) is 30.3 Å². The van der Waals surface area contributed by atoms with Gasteiger partial charge in [-0.2, -0.15) is 4.98 Å². The van der Waals surface area contributed by atoms with Gasteiger partial charge < -0.3 is 14.6 Å². The van der Waals surface area contributed by atoms with Crippen LogP contribution < -0.4 is 5.32 Å². The minimum atomic E-state index is -0.445. The summed E-state index contributed by atoms with van der Waals surface area (Å²) in [5, 5.41) is 6.63. The van der Waals surface area contributed by atoms with E-state index in [0.29, 0.717) is 18.3 Å². The molecule has 0 bridgehead atoms. The highest BCUT2D eigenvalue weighted by Gasteiger charge is 2.34. The number of ether oxygens (including phenoxy) is 1. The zero-order valence-electron chi connectivity index (χ0n) is 10.4. The second kappa shape index (κ2) is 4.81. The molecule has 2 heterocycles. The van der Waals surface area contributed by atoms with Crippen molar-refractivity contribution >= 4 is 5.91 Å². The van der Waals surface area contributed by atoms with Crippen molar-refractivity contribution < 1.29 is 14.1 Å². The van der Waals surface area contributed by atoms with E-state index in [-0.39, 0.29) is 12.0 Å². The van der Waals surface area contributed by atoms with Gasteiger partial charge in [-0.3, -0.25) is 4.79 Å². The summed E-state index contributed by atoms with van der Waals surface area (Å²) in [6.07, 6.45) is -0.352. The molecule has 1 N–H and O–H groups in total. The van der Waals surface area contributed by atoms with Crippen molar-refractivity contribution in [3.05, 3.63) is 47.6 Å². The van der Waals surface area contributed by atoms with E-state index in [1.54, 1.807) is 6.92 Å². The lowest BCUT2D eigenvalue weighted by Gasteiger charge is -2.14. The van der Waals surface area contributed by atoms with Crippen molar-refractivity contribution in [1.29, 1.82) is 0 Å². The average molecular weight is 259 g/mol. The Balaban J connectivity index is 1.88. The van der Waals surface area contributed by atoms with Crippen LogP contribution in [-0.2, 0) is 9.53 Å². The predicted molar refractivity (Wildman–Crippen MR) is 65.2 cm³/mol. The lowest BCUT2D eigenvalue weighted by Crippen LogP contribution is -2.32. The molecule has 98 valence electrons. The number of amides is 1. The van der Waals surface area contributed by atoms with E-state index in [2.05, 4.69) is 15.5 Å². The van der Waals surface area contributed by atoms with Gasteiger partial charge in [0, 0.05) is 0 Å². The fourth-order valence-corrected chi connectivity index (χ4v) is 1.80. The van der Waals surface area contributed by atoms with Gasteiger partial charge in [0.05, 0.1) is 6.61 Å². The van der Waals surface area contributed by atoms with Crippen molar-refractivity contribution in [2.75, 3.05) is 6.61 Å². The third-order valence-electron chi connectivity index (χ3n) is 2.84. The van der Waals surface area contributed by atoms with E-state index in [0.717, 1.165) is 5.56 Å². The predicted octanol–water partition coefficient (Wildman–Crippen LogP) is 0.982. The maximum absolute atomic E-state index is 11.8. The molecule has 2 atom stereocenters. The van der Waals surface area contributed by atoms with Crippen LogP contribution in [0.2, 0.25) is 0 Å². The van der Waals surface area contributed by atoms with Gasteiger partial charge in [-0.1, -0.05) is 35.5 Å². The van der Waals surface area contributed by atoms with Gasteiger partial charge in [-0.25, -0.2) is 0 Å². The van der Waals surface area contributed by atoms with Crippen LogP contribution in [0, 0.1) is 6.92 Å². The molecule has 0 aliphatic carbocycles. The summed E-state index contributed by atoms with van der Waals surface area (Å²) in [7, 11) is 0. The van der Waals surface area contributed by atoms with E-state index < -0.39 is 6.04 Å². The summed E-state index contributed by atoms with van der Waals surface area (Å²) in [5.41, 5.74) is 0.889. The number of nitrogens with one attached hydrogen (secondary N) is 1. The third-order valence-corrected chi connectivity index (χ3v) is 2.84. The Morgan fingerprint density at radius 3 is 2.74 bits per heavy atom. The Bertz CT molecular complexity index is 578. The molecular weight excluding hydrogens is 246 g/mol. The molecule has 0 saturated carbocycles. The quantitative estimate of drug-likeness (QED) is 0.828. The van der Waals surface area contributed by atoms with Gasteiger partial charge in [0.2, 0.25) is 0 Å². The molecule has 1 aromatic heterocycles. The Morgan fingerprint density at radius 1 is 1.42 bits per heavy atom. The average Bonchev–Trinajstić information content (AvgIpc) is 3.20. The summed E-state index contributed by atoms with van der Waals surface area (Å²) in [6, 6.07) is 9.05. The standard InChI is InChI=1S/C13H13N3O3/c1-8-14-13(19-16-8)11(9-5-3-2-4-6-9)15-12(17)10-7-18-10/h2-6,10-11H,7H2,1H3,(H,15,17). The van der Waals surface area contributed by atoms with Gasteiger partial charge in [0.25, 0.3) is 11.8 Å². The molecule has 2 unspecified atom stereocenters. The molecule has 1 aliphatic heterocycles. The van der Waals surface area contributed by atoms with Crippen LogP contribution in [0.4, 0.5) is 0 Å². The first kappa shape index (κ1) is 11.9. The highest BCUT2D eigenvalue weighted by molar-refractivity contribution is 5.83. The van der Waals surface area contributed by atoms with E-state index >= 15 is 0 Å². The number of aryl methyl sites for hydroxylation is 1. The van der Waals surface area contributed by atoms with Crippen LogP contribution in [0.1, 0.15) is 23.3 Å². The molecule has 1 amide bonds. The SMILES string of the molecule is Cc1noc(C(NC(=O)C2CO2)c2ccccc2)n1. The largest absolute Gasteiger partial charge is 0.363 e. The summed E-state index contributed by atoms with van der Waals surface area (Å²) in [6.45, 7) is 2.21. The molecule has 3 rings (SSSR count). The number of carbonyl (C=O) groups is 1. The molecular formula is C13H13N3O3. The smallest absolute Gasteiger partial charge is 0.253 e. The van der Waals surface area contributed by atoms with Crippen LogP contribution >= 0.6 is 0 Å². The highest BCUT2D eigenvalue weighted by Crippen LogP contribution is 2.21. The number of benzene rings is 1. The Labute approximate surface area is 109 Å². The first-order chi connectivity index (χ1) is 9.24. The monoisotopic (exact) mass is 259 g/mol. The first-order valence-corrected chi connectivity index (χ1v) is 6.01. The molecule has 0 radical (unpaired) electrons. The van der Waals surface area contributed by atoms with Gasteiger partial charge in [-0.05, 0) is 12.5 Å². The Morgan fingerprint density at radius 2 is 2.16 bits per heavy atom. The van der Waals surface area contributed by atoms with Crippen LogP contribution in [0.25, 0.3) is 0 Å². The van der Waals surface area contributed by atoms with Crippen molar-refractivity contribution in [2.24, 2.45) is 0 Å².